The largest absolute Gasteiger partial charge is 0.481 e. The standard InChI is InChI=1S/C11H17BrN4O4S/c1-16-10(9(12)14-15-16)21(19,20)13-6-7-2-4-8(5-3-7)11(17)18/h7-8,13H,2-6H2,1H3,(H,17,18). The van der Waals surface area contributed by atoms with Crippen LogP contribution in [-0.2, 0) is 21.9 Å². The molecular weight excluding hydrogens is 364 g/mol. The average Bonchev–Trinajstić information content (AvgIpc) is 2.77. The van der Waals surface area contributed by atoms with Gasteiger partial charge in [0.2, 0.25) is 5.03 Å². The Balaban J connectivity index is 1.93. The monoisotopic (exact) mass is 380 g/mol. The third-order valence-electron chi connectivity index (χ3n) is 3.75. The summed E-state index contributed by atoms with van der Waals surface area (Å²) >= 11 is 3.06. The van der Waals surface area contributed by atoms with Gasteiger partial charge in [-0.15, -0.1) is 5.10 Å². The van der Waals surface area contributed by atoms with Gasteiger partial charge >= 0.3 is 5.97 Å². The molecule has 118 valence electrons. The topological polar surface area (TPSA) is 114 Å². The molecule has 1 aliphatic rings. The molecule has 0 spiro atoms. The number of carbonyl (C=O) groups is 1. The minimum absolute atomic E-state index is 0.0123. The SMILES string of the molecule is Cn1nnc(Br)c1S(=O)(=O)NCC1CCC(C(=O)O)CC1. The van der Waals surface area contributed by atoms with Crippen LogP contribution in [0.4, 0.5) is 0 Å². The molecule has 0 aliphatic heterocycles. The lowest BCUT2D eigenvalue weighted by Crippen LogP contribution is -2.33. The van der Waals surface area contributed by atoms with Gasteiger partial charge in [-0.25, -0.2) is 17.8 Å². The Labute approximate surface area is 131 Å². The zero-order valence-electron chi connectivity index (χ0n) is 11.5. The van der Waals surface area contributed by atoms with E-state index in [9.17, 15) is 13.2 Å². The van der Waals surface area contributed by atoms with Crippen molar-refractivity contribution in [2.75, 3.05) is 6.54 Å². The number of hydrogen-bond donors (Lipinski definition) is 2. The zero-order chi connectivity index (χ0) is 15.6. The number of nitrogens with zero attached hydrogens (tertiary/aromatic N) is 3. The first-order chi connectivity index (χ1) is 9.81. The molecule has 0 atom stereocenters. The van der Waals surface area contributed by atoms with Gasteiger partial charge in [-0.05, 0) is 47.5 Å². The van der Waals surface area contributed by atoms with Crippen molar-refractivity contribution in [3.8, 4) is 0 Å². The third-order valence-corrected chi connectivity index (χ3v) is 6.06. The molecule has 10 heteroatoms. The lowest BCUT2D eigenvalue weighted by Gasteiger charge is -2.26. The molecule has 0 aromatic carbocycles. The lowest BCUT2D eigenvalue weighted by atomic mass is 9.82. The second kappa shape index (κ2) is 6.41. The number of halogens is 1. The summed E-state index contributed by atoms with van der Waals surface area (Å²) in [5.74, 6) is -0.900. The van der Waals surface area contributed by atoms with E-state index in [1.165, 1.54) is 11.7 Å². The van der Waals surface area contributed by atoms with E-state index >= 15 is 0 Å². The van der Waals surface area contributed by atoms with E-state index in [0.29, 0.717) is 32.2 Å². The van der Waals surface area contributed by atoms with Crippen LogP contribution >= 0.6 is 15.9 Å². The van der Waals surface area contributed by atoms with Crippen molar-refractivity contribution in [3.63, 3.8) is 0 Å². The molecule has 0 radical (unpaired) electrons. The van der Waals surface area contributed by atoms with Gasteiger partial charge in [-0.3, -0.25) is 4.79 Å². The fourth-order valence-electron chi connectivity index (χ4n) is 2.52. The van der Waals surface area contributed by atoms with Crippen LogP contribution in [0, 0.1) is 11.8 Å². The number of aromatic nitrogens is 3. The predicted molar refractivity (Wildman–Crippen MR) is 77.0 cm³/mol. The lowest BCUT2D eigenvalue weighted by molar-refractivity contribution is -0.143. The summed E-state index contributed by atoms with van der Waals surface area (Å²) in [6.45, 7) is 0.298. The minimum atomic E-state index is -3.68. The number of carboxylic acids is 1. The van der Waals surface area contributed by atoms with E-state index in [0.717, 1.165) is 0 Å². The van der Waals surface area contributed by atoms with Crippen LogP contribution in [0.1, 0.15) is 25.7 Å². The highest BCUT2D eigenvalue weighted by Crippen LogP contribution is 2.29. The normalized spacial score (nSPS) is 23.1. The van der Waals surface area contributed by atoms with Gasteiger partial charge in [-0.2, -0.15) is 0 Å². The van der Waals surface area contributed by atoms with Crippen molar-refractivity contribution in [1.29, 1.82) is 0 Å². The van der Waals surface area contributed by atoms with E-state index in [-0.39, 0.29) is 21.5 Å². The summed E-state index contributed by atoms with van der Waals surface area (Å²) in [6, 6.07) is 0. The van der Waals surface area contributed by atoms with Crippen LogP contribution in [0.3, 0.4) is 0 Å². The molecule has 2 rings (SSSR count). The Hall–Kier alpha value is -1.00. The number of rotatable bonds is 5. The highest BCUT2D eigenvalue weighted by atomic mass is 79.9. The van der Waals surface area contributed by atoms with Crippen LogP contribution < -0.4 is 4.72 Å². The second-order valence-corrected chi connectivity index (χ2v) is 7.65. The smallest absolute Gasteiger partial charge is 0.306 e. The molecule has 8 nitrogen and oxygen atoms in total. The fourth-order valence-corrected chi connectivity index (χ4v) is 4.72. The molecule has 0 amide bonds. The van der Waals surface area contributed by atoms with E-state index in [1.807, 2.05) is 0 Å². The summed E-state index contributed by atoms with van der Waals surface area (Å²) in [7, 11) is -2.18. The number of carboxylic acid groups (broad SMARTS) is 1. The number of nitrogens with one attached hydrogen (secondary N) is 1. The molecule has 1 aromatic heterocycles. The van der Waals surface area contributed by atoms with Gasteiger partial charge in [0, 0.05) is 13.6 Å². The highest BCUT2D eigenvalue weighted by molar-refractivity contribution is 9.10. The number of hydrogen-bond acceptors (Lipinski definition) is 5. The van der Waals surface area contributed by atoms with Crippen LogP contribution in [0.25, 0.3) is 0 Å². The third kappa shape index (κ3) is 3.80. The average molecular weight is 381 g/mol. The number of sulfonamides is 1. The maximum atomic E-state index is 12.2. The van der Waals surface area contributed by atoms with Crippen molar-refractivity contribution in [2.24, 2.45) is 18.9 Å². The summed E-state index contributed by atoms with van der Waals surface area (Å²) in [4.78, 5) is 10.9. The molecule has 2 N–H and O–H groups in total. The highest BCUT2D eigenvalue weighted by Gasteiger charge is 2.28. The molecule has 1 saturated carbocycles. The van der Waals surface area contributed by atoms with Gasteiger partial charge in [0.25, 0.3) is 10.0 Å². The number of aryl methyl sites for hydroxylation is 1. The van der Waals surface area contributed by atoms with E-state index < -0.39 is 16.0 Å². The minimum Gasteiger partial charge on any atom is -0.481 e. The molecule has 0 saturated heterocycles. The van der Waals surface area contributed by atoms with Gasteiger partial charge in [0.15, 0.2) is 4.60 Å². The fraction of sp³-hybridized carbons (Fsp3) is 0.727. The van der Waals surface area contributed by atoms with Crippen LogP contribution in [-0.4, -0.2) is 41.0 Å². The first-order valence-electron chi connectivity index (χ1n) is 6.59. The molecular formula is C11H17BrN4O4S. The predicted octanol–water partition coefficient (Wildman–Crippen LogP) is 0.747. The van der Waals surface area contributed by atoms with E-state index in [4.69, 9.17) is 5.11 Å². The zero-order valence-corrected chi connectivity index (χ0v) is 13.9. The van der Waals surface area contributed by atoms with E-state index in [2.05, 4.69) is 31.0 Å². The second-order valence-electron chi connectivity index (χ2n) is 5.22. The Kier molecular flexibility index (Phi) is 4.99. The van der Waals surface area contributed by atoms with E-state index in [1.54, 1.807) is 0 Å². The molecule has 1 aliphatic carbocycles. The molecule has 21 heavy (non-hydrogen) atoms. The summed E-state index contributed by atoms with van der Waals surface area (Å²) in [6.07, 6.45) is 2.62. The summed E-state index contributed by atoms with van der Waals surface area (Å²) < 4.78 is 28.3. The van der Waals surface area contributed by atoms with Crippen molar-refractivity contribution < 1.29 is 18.3 Å². The van der Waals surface area contributed by atoms with Crippen molar-refractivity contribution >= 4 is 31.9 Å². The van der Waals surface area contributed by atoms with Gasteiger partial charge in [0.1, 0.15) is 0 Å². The molecule has 1 fully saturated rings. The Bertz CT molecular complexity index is 603. The Morgan fingerprint density at radius 1 is 1.43 bits per heavy atom. The quantitative estimate of drug-likeness (QED) is 0.778. The van der Waals surface area contributed by atoms with Gasteiger partial charge in [-0.1, -0.05) is 5.21 Å². The first kappa shape index (κ1) is 16.4. The molecule has 0 bridgehead atoms. The van der Waals surface area contributed by atoms with Crippen LogP contribution in [0.2, 0.25) is 0 Å². The van der Waals surface area contributed by atoms with Crippen LogP contribution in [0.5, 0.6) is 0 Å². The van der Waals surface area contributed by atoms with Crippen LogP contribution in [0.15, 0.2) is 9.63 Å². The van der Waals surface area contributed by atoms with Gasteiger partial charge < -0.3 is 5.11 Å². The Morgan fingerprint density at radius 3 is 2.52 bits per heavy atom. The summed E-state index contributed by atoms with van der Waals surface area (Å²) in [5.41, 5.74) is 0. The number of aliphatic carboxylic acids is 1. The summed E-state index contributed by atoms with van der Waals surface area (Å²) in [5, 5.41) is 16.2. The van der Waals surface area contributed by atoms with Crippen molar-refractivity contribution in [1.82, 2.24) is 19.7 Å². The molecule has 0 unspecified atom stereocenters. The van der Waals surface area contributed by atoms with Crippen molar-refractivity contribution in [2.45, 2.75) is 30.7 Å². The first-order valence-corrected chi connectivity index (χ1v) is 8.86. The maximum absolute atomic E-state index is 12.2. The molecule has 1 heterocycles. The van der Waals surface area contributed by atoms with Crippen molar-refractivity contribution in [3.05, 3.63) is 4.60 Å². The maximum Gasteiger partial charge on any atom is 0.306 e. The Morgan fingerprint density at radius 2 is 2.05 bits per heavy atom. The van der Waals surface area contributed by atoms with Gasteiger partial charge in [0.05, 0.1) is 5.92 Å². The molecule has 1 aromatic rings.